The molecule has 1 heteroatoms. The summed E-state index contributed by atoms with van der Waals surface area (Å²) in [4.78, 5) is 0. The average Bonchev–Trinajstić information content (AvgIpc) is 2.49. The Morgan fingerprint density at radius 3 is 3.00 bits per heavy atom. The van der Waals surface area contributed by atoms with Crippen molar-refractivity contribution in [3.63, 3.8) is 0 Å². The first-order valence-electron chi connectivity index (χ1n) is 4.44. The van der Waals surface area contributed by atoms with Gasteiger partial charge in [0.25, 0.3) is 0 Å². The Morgan fingerprint density at radius 2 is 2.25 bits per heavy atom. The van der Waals surface area contributed by atoms with Gasteiger partial charge in [-0.3, -0.25) is 0 Å². The second kappa shape index (κ2) is 2.91. The van der Waals surface area contributed by atoms with E-state index in [-0.39, 0.29) is 0 Å². The smallest absolute Gasteiger partial charge is 0.0827 e. The molecule has 1 atom stereocenters. The molecule has 12 heavy (non-hydrogen) atoms. The third kappa shape index (κ3) is 1.05. The van der Waals surface area contributed by atoms with Gasteiger partial charge in [-0.1, -0.05) is 18.2 Å². The summed E-state index contributed by atoms with van der Waals surface area (Å²) < 4.78 is 5.39. The van der Waals surface area contributed by atoms with Crippen LogP contribution in [0.3, 0.4) is 0 Å². The maximum atomic E-state index is 5.39. The minimum absolute atomic E-state index is 0.347. The number of hydrogen-bond donors (Lipinski definition) is 0. The maximum absolute atomic E-state index is 5.39. The van der Waals surface area contributed by atoms with Crippen LogP contribution < -0.4 is 0 Å². The van der Waals surface area contributed by atoms with Crippen molar-refractivity contribution in [1.82, 2.24) is 0 Å². The molecule has 0 heterocycles. The molecule has 1 aliphatic carbocycles. The Balaban J connectivity index is 2.46. The number of methoxy groups -OCH3 is 1. The van der Waals surface area contributed by atoms with Gasteiger partial charge in [0.05, 0.1) is 6.10 Å². The Morgan fingerprint density at radius 1 is 1.42 bits per heavy atom. The third-order valence-electron chi connectivity index (χ3n) is 2.73. The van der Waals surface area contributed by atoms with Crippen LogP contribution in [0.4, 0.5) is 0 Å². The first kappa shape index (κ1) is 7.81. The summed E-state index contributed by atoms with van der Waals surface area (Å²) in [6.45, 7) is 2.18. The number of benzene rings is 1. The summed E-state index contributed by atoms with van der Waals surface area (Å²) in [6.07, 6.45) is 2.68. The first-order valence-corrected chi connectivity index (χ1v) is 4.44. The van der Waals surface area contributed by atoms with Gasteiger partial charge in [-0.05, 0) is 36.5 Å². The van der Waals surface area contributed by atoms with Gasteiger partial charge in [-0.25, -0.2) is 0 Å². The van der Waals surface area contributed by atoms with Gasteiger partial charge in [0.1, 0.15) is 0 Å². The highest BCUT2D eigenvalue weighted by Crippen LogP contribution is 2.34. The van der Waals surface area contributed by atoms with Gasteiger partial charge in [-0.15, -0.1) is 0 Å². The van der Waals surface area contributed by atoms with E-state index in [1.54, 1.807) is 7.11 Å². The molecule has 64 valence electrons. The van der Waals surface area contributed by atoms with Crippen molar-refractivity contribution in [3.8, 4) is 0 Å². The summed E-state index contributed by atoms with van der Waals surface area (Å²) in [5, 5.41) is 0. The van der Waals surface area contributed by atoms with Crippen molar-refractivity contribution >= 4 is 0 Å². The van der Waals surface area contributed by atoms with Crippen LogP contribution in [0.5, 0.6) is 0 Å². The van der Waals surface area contributed by atoms with Gasteiger partial charge >= 0.3 is 0 Å². The maximum Gasteiger partial charge on any atom is 0.0827 e. The van der Waals surface area contributed by atoms with E-state index in [1.165, 1.54) is 23.1 Å². The van der Waals surface area contributed by atoms with Gasteiger partial charge in [0, 0.05) is 7.11 Å². The van der Waals surface area contributed by atoms with E-state index in [9.17, 15) is 0 Å². The molecule has 0 amide bonds. The van der Waals surface area contributed by atoms with E-state index in [0.29, 0.717) is 6.10 Å². The Bertz CT molecular complexity index is 291. The van der Waals surface area contributed by atoms with Gasteiger partial charge in [0.2, 0.25) is 0 Å². The van der Waals surface area contributed by atoms with Crippen molar-refractivity contribution in [2.75, 3.05) is 7.11 Å². The number of aryl methyl sites for hydroxylation is 1. The average molecular weight is 162 g/mol. The molecule has 0 bridgehead atoms. The molecule has 1 aliphatic rings. The highest BCUT2D eigenvalue weighted by molar-refractivity contribution is 5.39. The van der Waals surface area contributed by atoms with Crippen LogP contribution in [0.25, 0.3) is 0 Å². The fourth-order valence-corrected chi connectivity index (χ4v) is 2.04. The third-order valence-corrected chi connectivity index (χ3v) is 2.73. The molecule has 0 saturated carbocycles. The second-order valence-corrected chi connectivity index (χ2v) is 3.41. The highest BCUT2D eigenvalue weighted by atomic mass is 16.5. The lowest BCUT2D eigenvalue weighted by Gasteiger charge is -2.09. The predicted molar refractivity (Wildman–Crippen MR) is 49.3 cm³/mol. The number of ether oxygens (including phenoxy) is 1. The van der Waals surface area contributed by atoms with Gasteiger partial charge < -0.3 is 4.74 Å². The van der Waals surface area contributed by atoms with Crippen LogP contribution in [0, 0.1) is 6.92 Å². The lowest BCUT2D eigenvalue weighted by atomic mass is 10.0. The lowest BCUT2D eigenvalue weighted by Crippen LogP contribution is -1.95. The normalized spacial score (nSPS) is 21.0. The summed E-state index contributed by atoms with van der Waals surface area (Å²) in [6, 6.07) is 6.48. The highest BCUT2D eigenvalue weighted by Gasteiger charge is 2.22. The van der Waals surface area contributed by atoms with Crippen molar-refractivity contribution in [2.24, 2.45) is 0 Å². The van der Waals surface area contributed by atoms with E-state index in [1.807, 2.05) is 0 Å². The zero-order chi connectivity index (χ0) is 8.55. The van der Waals surface area contributed by atoms with E-state index >= 15 is 0 Å². The SMILES string of the molecule is CO[C@@H]1CCc2c(C)cccc21. The molecule has 0 radical (unpaired) electrons. The van der Waals surface area contributed by atoms with Crippen LogP contribution in [-0.4, -0.2) is 7.11 Å². The van der Waals surface area contributed by atoms with Crippen molar-refractivity contribution < 1.29 is 4.74 Å². The molecular weight excluding hydrogens is 148 g/mol. The summed E-state index contributed by atoms with van der Waals surface area (Å²) in [7, 11) is 1.79. The van der Waals surface area contributed by atoms with Gasteiger partial charge in [0.15, 0.2) is 0 Å². The quantitative estimate of drug-likeness (QED) is 0.616. The zero-order valence-corrected chi connectivity index (χ0v) is 7.63. The van der Waals surface area contributed by atoms with Crippen LogP contribution in [0.1, 0.15) is 29.2 Å². The molecule has 1 aromatic carbocycles. The van der Waals surface area contributed by atoms with Crippen molar-refractivity contribution in [3.05, 3.63) is 34.9 Å². The van der Waals surface area contributed by atoms with Crippen LogP contribution in [0.2, 0.25) is 0 Å². The summed E-state index contributed by atoms with van der Waals surface area (Å²) in [5.41, 5.74) is 4.31. The monoisotopic (exact) mass is 162 g/mol. The molecule has 0 saturated heterocycles. The summed E-state index contributed by atoms with van der Waals surface area (Å²) >= 11 is 0. The molecule has 0 aromatic heterocycles. The molecule has 0 unspecified atom stereocenters. The summed E-state index contributed by atoms with van der Waals surface area (Å²) in [5.74, 6) is 0. The first-order chi connectivity index (χ1) is 5.83. The van der Waals surface area contributed by atoms with E-state index in [2.05, 4.69) is 25.1 Å². The van der Waals surface area contributed by atoms with E-state index in [0.717, 1.165) is 6.42 Å². The minimum Gasteiger partial charge on any atom is -0.377 e. The molecular formula is C11H14O. The molecule has 0 aliphatic heterocycles. The van der Waals surface area contributed by atoms with Crippen LogP contribution in [-0.2, 0) is 11.2 Å². The van der Waals surface area contributed by atoms with Crippen LogP contribution in [0.15, 0.2) is 18.2 Å². The standard InChI is InChI=1S/C11H14O/c1-8-4-3-5-10-9(8)6-7-11(10)12-2/h3-5,11H,6-7H2,1-2H3/t11-/m1/s1. The van der Waals surface area contributed by atoms with E-state index in [4.69, 9.17) is 4.74 Å². The topological polar surface area (TPSA) is 9.23 Å². The Hall–Kier alpha value is -0.820. The molecule has 1 nitrogen and oxygen atoms in total. The molecule has 2 rings (SSSR count). The fourth-order valence-electron chi connectivity index (χ4n) is 2.04. The van der Waals surface area contributed by atoms with E-state index < -0.39 is 0 Å². The zero-order valence-electron chi connectivity index (χ0n) is 7.63. The number of rotatable bonds is 1. The minimum atomic E-state index is 0.347. The largest absolute Gasteiger partial charge is 0.377 e. The molecule has 0 N–H and O–H groups in total. The predicted octanol–water partition coefficient (Wildman–Crippen LogP) is 2.63. The second-order valence-electron chi connectivity index (χ2n) is 3.41. The van der Waals surface area contributed by atoms with Crippen molar-refractivity contribution in [2.45, 2.75) is 25.9 Å². The molecule has 0 fully saturated rings. The molecule has 0 spiro atoms. The van der Waals surface area contributed by atoms with Gasteiger partial charge in [-0.2, -0.15) is 0 Å². The number of hydrogen-bond acceptors (Lipinski definition) is 1. The van der Waals surface area contributed by atoms with Crippen molar-refractivity contribution in [1.29, 1.82) is 0 Å². The van der Waals surface area contributed by atoms with Crippen LogP contribution >= 0.6 is 0 Å². The lowest BCUT2D eigenvalue weighted by molar-refractivity contribution is 0.105. The fraction of sp³-hybridized carbons (Fsp3) is 0.455. The Labute approximate surface area is 73.4 Å². The Kier molecular flexibility index (Phi) is 1.89. The molecule has 1 aromatic rings. The number of fused-ring (bicyclic) bond motifs is 1.